The first kappa shape index (κ1) is 18.1. The fraction of sp³-hybridized carbons (Fsp3) is 0.316. The molecular weight excluding hydrogens is 356 g/mol. The third-order valence-electron chi connectivity index (χ3n) is 4.62. The van der Waals surface area contributed by atoms with Gasteiger partial charge in [-0.15, -0.1) is 0 Å². The van der Waals surface area contributed by atoms with Gasteiger partial charge in [0.25, 0.3) is 0 Å². The fourth-order valence-electron chi connectivity index (χ4n) is 3.26. The molecule has 28 heavy (non-hydrogen) atoms. The van der Waals surface area contributed by atoms with Crippen molar-refractivity contribution in [3.05, 3.63) is 60.4 Å². The second-order valence-corrected chi connectivity index (χ2v) is 6.65. The van der Waals surface area contributed by atoms with E-state index in [2.05, 4.69) is 29.9 Å². The number of nitrogens with zero attached hydrogens (tertiary/aromatic N) is 7. The number of benzene rings is 1. The lowest BCUT2D eigenvalue weighted by Crippen LogP contribution is -2.46. The van der Waals surface area contributed by atoms with Crippen molar-refractivity contribution < 1.29 is 4.79 Å². The van der Waals surface area contributed by atoms with Crippen LogP contribution >= 0.6 is 0 Å². The third kappa shape index (κ3) is 4.15. The van der Waals surface area contributed by atoms with E-state index in [1.54, 1.807) is 17.1 Å². The number of hydrogen-bond acceptors (Lipinski definition) is 7. The third-order valence-corrected chi connectivity index (χ3v) is 4.62. The highest BCUT2D eigenvalue weighted by molar-refractivity contribution is 5.75. The molecule has 0 saturated carbocycles. The van der Waals surface area contributed by atoms with Gasteiger partial charge in [0.2, 0.25) is 11.9 Å². The van der Waals surface area contributed by atoms with Crippen LogP contribution in [0.4, 0.5) is 5.95 Å². The van der Waals surface area contributed by atoms with Crippen molar-refractivity contribution in [1.29, 1.82) is 0 Å². The van der Waals surface area contributed by atoms with Gasteiger partial charge < -0.3 is 10.6 Å². The summed E-state index contributed by atoms with van der Waals surface area (Å²) in [5.41, 5.74) is 6.24. The topological polar surface area (TPSA) is 106 Å². The molecule has 1 aromatic carbocycles. The second-order valence-electron chi connectivity index (χ2n) is 6.65. The van der Waals surface area contributed by atoms with Crippen LogP contribution in [0.1, 0.15) is 11.6 Å². The van der Waals surface area contributed by atoms with E-state index in [-0.39, 0.29) is 6.42 Å². The molecule has 0 aliphatic carbocycles. The first-order valence-electron chi connectivity index (χ1n) is 9.22. The van der Waals surface area contributed by atoms with Crippen molar-refractivity contribution in [3.8, 4) is 5.69 Å². The normalized spacial score (nSPS) is 14.9. The minimum atomic E-state index is -0.437. The van der Waals surface area contributed by atoms with Crippen molar-refractivity contribution >= 4 is 11.9 Å². The van der Waals surface area contributed by atoms with E-state index in [9.17, 15) is 4.79 Å². The van der Waals surface area contributed by atoms with Crippen molar-refractivity contribution in [2.45, 2.75) is 13.0 Å². The Balaban J connectivity index is 1.48. The summed E-state index contributed by atoms with van der Waals surface area (Å²) < 4.78 is 1.80. The maximum Gasteiger partial charge on any atom is 0.225 e. The van der Waals surface area contributed by atoms with Crippen LogP contribution in [0.2, 0.25) is 0 Å². The van der Waals surface area contributed by atoms with E-state index in [4.69, 9.17) is 5.73 Å². The molecule has 3 aromatic rings. The average molecular weight is 378 g/mol. The predicted octanol–water partition coefficient (Wildman–Crippen LogP) is 0.407. The number of primary amides is 1. The molecule has 144 valence electrons. The van der Waals surface area contributed by atoms with Gasteiger partial charge >= 0.3 is 0 Å². The Morgan fingerprint density at radius 3 is 2.39 bits per heavy atom. The zero-order valence-corrected chi connectivity index (χ0v) is 15.5. The molecule has 0 unspecified atom stereocenters. The molecule has 4 rings (SSSR count). The molecule has 9 heteroatoms. The van der Waals surface area contributed by atoms with Crippen LogP contribution in [-0.2, 0) is 17.8 Å². The van der Waals surface area contributed by atoms with Crippen molar-refractivity contribution in [2.24, 2.45) is 5.73 Å². The minimum absolute atomic E-state index is 0.0337. The summed E-state index contributed by atoms with van der Waals surface area (Å²) in [5, 5.41) is 4.50. The highest BCUT2D eigenvalue weighted by Gasteiger charge is 2.22. The lowest BCUT2D eigenvalue weighted by atomic mass is 10.3. The summed E-state index contributed by atoms with van der Waals surface area (Å²) in [6, 6.07) is 11.6. The van der Waals surface area contributed by atoms with Gasteiger partial charge in [-0.3, -0.25) is 9.69 Å². The molecule has 1 amide bonds. The smallest absolute Gasteiger partial charge is 0.225 e. The number of carbonyl (C=O) groups excluding carboxylic acids is 1. The van der Waals surface area contributed by atoms with Crippen LogP contribution in [0.15, 0.2) is 48.8 Å². The number of hydrogen-bond donors (Lipinski definition) is 1. The minimum Gasteiger partial charge on any atom is -0.369 e. The van der Waals surface area contributed by atoms with Crippen molar-refractivity contribution in [3.63, 3.8) is 0 Å². The molecule has 3 heterocycles. The lowest BCUT2D eigenvalue weighted by Gasteiger charge is -2.34. The number of rotatable bonds is 6. The molecule has 0 spiro atoms. The van der Waals surface area contributed by atoms with Gasteiger partial charge in [-0.1, -0.05) is 18.2 Å². The van der Waals surface area contributed by atoms with Crippen LogP contribution in [0.25, 0.3) is 5.69 Å². The summed E-state index contributed by atoms with van der Waals surface area (Å²) in [6.07, 6.45) is 3.56. The summed E-state index contributed by atoms with van der Waals surface area (Å²) in [7, 11) is 0. The van der Waals surface area contributed by atoms with Gasteiger partial charge in [0.05, 0.1) is 18.7 Å². The SMILES string of the molecule is NC(=O)Cc1nc(CN2CCN(c3ncccn3)CC2)n(-c2ccccc2)n1. The Morgan fingerprint density at radius 1 is 1.00 bits per heavy atom. The fourth-order valence-corrected chi connectivity index (χ4v) is 3.26. The molecule has 2 N–H and O–H groups in total. The molecule has 1 aliphatic heterocycles. The van der Waals surface area contributed by atoms with Gasteiger partial charge in [0, 0.05) is 38.6 Å². The van der Waals surface area contributed by atoms with E-state index in [1.807, 2.05) is 36.4 Å². The summed E-state index contributed by atoms with van der Waals surface area (Å²) in [4.78, 5) is 29.0. The Bertz CT molecular complexity index is 920. The van der Waals surface area contributed by atoms with Crippen molar-refractivity contribution in [1.82, 2.24) is 29.6 Å². The monoisotopic (exact) mass is 378 g/mol. The van der Waals surface area contributed by atoms with Gasteiger partial charge in [-0.05, 0) is 18.2 Å². The second kappa shape index (κ2) is 8.13. The molecule has 1 saturated heterocycles. The molecule has 0 bridgehead atoms. The van der Waals surface area contributed by atoms with E-state index in [0.29, 0.717) is 12.4 Å². The molecule has 1 fully saturated rings. The Morgan fingerprint density at radius 2 is 1.71 bits per heavy atom. The molecule has 1 aliphatic rings. The number of piperazine rings is 1. The highest BCUT2D eigenvalue weighted by atomic mass is 16.1. The van der Waals surface area contributed by atoms with E-state index < -0.39 is 5.91 Å². The van der Waals surface area contributed by atoms with Gasteiger partial charge in [-0.25, -0.2) is 19.6 Å². The predicted molar refractivity (Wildman–Crippen MR) is 104 cm³/mol. The number of anilines is 1. The van der Waals surface area contributed by atoms with Crippen LogP contribution in [0.5, 0.6) is 0 Å². The Kier molecular flexibility index (Phi) is 5.24. The molecule has 0 atom stereocenters. The number of carbonyl (C=O) groups is 1. The highest BCUT2D eigenvalue weighted by Crippen LogP contribution is 2.15. The lowest BCUT2D eigenvalue weighted by molar-refractivity contribution is -0.117. The average Bonchev–Trinajstić information content (AvgIpc) is 3.11. The van der Waals surface area contributed by atoms with Crippen LogP contribution in [0.3, 0.4) is 0 Å². The first-order chi connectivity index (χ1) is 13.7. The summed E-state index contributed by atoms with van der Waals surface area (Å²) in [6.45, 7) is 4.06. The molecule has 2 aromatic heterocycles. The van der Waals surface area contributed by atoms with E-state index in [0.717, 1.165) is 43.6 Å². The molecule has 9 nitrogen and oxygen atoms in total. The molecule has 0 radical (unpaired) electrons. The Labute approximate surface area is 162 Å². The van der Waals surface area contributed by atoms with Gasteiger partial charge in [0.15, 0.2) is 5.82 Å². The van der Waals surface area contributed by atoms with E-state index >= 15 is 0 Å². The van der Waals surface area contributed by atoms with Gasteiger partial charge in [0.1, 0.15) is 5.82 Å². The van der Waals surface area contributed by atoms with E-state index in [1.165, 1.54) is 0 Å². The molecular formula is C19H22N8O. The van der Waals surface area contributed by atoms with Crippen LogP contribution in [-0.4, -0.2) is 61.7 Å². The zero-order chi connectivity index (χ0) is 19.3. The number of amides is 1. The number of para-hydroxylation sites is 1. The number of nitrogens with two attached hydrogens (primary N) is 1. The van der Waals surface area contributed by atoms with Gasteiger partial charge in [-0.2, -0.15) is 5.10 Å². The largest absolute Gasteiger partial charge is 0.369 e. The standard InChI is InChI=1S/C19H22N8O/c20-16(28)13-17-23-18(27(24-17)15-5-2-1-3-6-15)14-25-9-11-26(12-10-25)19-21-7-4-8-22-19/h1-8H,9-14H2,(H2,20,28). The summed E-state index contributed by atoms with van der Waals surface area (Å²) in [5.74, 6) is 1.57. The van der Waals surface area contributed by atoms with Crippen LogP contribution < -0.4 is 10.6 Å². The first-order valence-corrected chi connectivity index (χ1v) is 9.22. The maximum absolute atomic E-state index is 11.3. The quantitative estimate of drug-likeness (QED) is 0.662. The Hall–Kier alpha value is -3.33. The van der Waals surface area contributed by atoms with Crippen LogP contribution in [0, 0.1) is 0 Å². The summed E-state index contributed by atoms with van der Waals surface area (Å²) >= 11 is 0. The maximum atomic E-state index is 11.3. The zero-order valence-electron chi connectivity index (χ0n) is 15.5. The number of aromatic nitrogens is 5. The van der Waals surface area contributed by atoms with Crippen molar-refractivity contribution in [2.75, 3.05) is 31.1 Å².